The Kier molecular flexibility index (Phi) is 3.53. The fourth-order valence-corrected chi connectivity index (χ4v) is 2.03. The van der Waals surface area contributed by atoms with E-state index in [4.69, 9.17) is 11.6 Å². The Hall–Kier alpha value is -2.85. The molecule has 0 unspecified atom stereocenters. The molecular formula is C14H6ClF2N5. The van der Waals surface area contributed by atoms with Gasteiger partial charge in [0.2, 0.25) is 0 Å². The van der Waals surface area contributed by atoms with E-state index in [-0.39, 0.29) is 17.1 Å². The van der Waals surface area contributed by atoms with Crippen molar-refractivity contribution in [2.45, 2.75) is 0 Å². The van der Waals surface area contributed by atoms with Crippen molar-refractivity contribution in [2.24, 2.45) is 0 Å². The van der Waals surface area contributed by atoms with Crippen LogP contribution in [-0.2, 0) is 0 Å². The SMILES string of the molecule is N#Cc1c(-c2ccc(Cl)nc2)nnn1-c1ccc(F)cc1F. The zero-order valence-electron chi connectivity index (χ0n) is 10.8. The highest BCUT2D eigenvalue weighted by Gasteiger charge is 2.18. The summed E-state index contributed by atoms with van der Waals surface area (Å²) in [6, 6.07) is 8.04. The summed E-state index contributed by atoms with van der Waals surface area (Å²) in [7, 11) is 0. The van der Waals surface area contributed by atoms with Gasteiger partial charge in [-0.05, 0) is 24.3 Å². The summed E-state index contributed by atoms with van der Waals surface area (Å²) in [5.74, 6) is -1.57. The largest absolute Gasteiger partial charge is 0.244 e. The van der Waals surface area contributed by atoms with Crippen molar-refractivity contribution in [1.29, 1.82) is 5.26 Å². The van der Waals surface area contributed by atoms with Crippen LogP contribution in [0, 0.1) is 23.0 Å². The van der Waals surface area contributed by atoms with E-state index in [0.717, 1.165) is 10.7 Å². The Morgan fingerprint density at radius 2 is 2.00 bits per heavy atom. The quantitative estimate of drug-likeness (QED) is 0.681. The van der Waals surface area contributed by atoms with E-state index >= 15 is 0 Å². The van der Waals surface area contributed by atoms with Gasteiger partial charge in [0.25, 0.3) is 0 Å². The van der Waals surface area contributed by atoms with Crippen LogP contribution in [0.25, 0.3) is 16.9 Å². The predicted octanol–water partition coefficient (Wildman–Crippen LogP) is 3.13. The molecule has 3 rings (SSSR count). The van der Waals surface area contributed by atoms with E-state index in [1.807, 2.05) is 6.07 Å². The van der Waals surface area contributed by atoms with Crippen LogP contribution in [0.15, 0.2) is 36.5 Å². The minimum absolute atomic E-state index is 0.00892. The molecule has 0 saturated carbocycles. The molecule has 5 nitrogen and oxygen atoms in total. The number of rotatable bonds is 2. The van der Waals surface area contributed by atoms with Crippen LogP contribution in [0.4, 0.5) is 8.78 Å². The molecule has 0 aliphatic carbocycles. The first-order valence-electron chi connectivity index (χ1n) is 6.03. The molecule has 0 radical (unpaired) electrons. The minimum atomic E-state index is -0.845. The highest BCUT2D eigenvalue weighted by molar-refractivity contribution is 6.29. The topological polar surface area (TPSA) is 67.4 Å². The molecule has 0 bridgehead atoms. The first-order valence-corrected chi connectivity index (χ1v) is 6.41. The van der Waals surface area contributed by atoms with Crippen LogP contribution in [-0.4, -0.2) is 20.0 Å². The highest BCUT2D eigenvalue weighted by atomic mass is 35.5. The molecule has 0 spiro atoms. The van der Waals surface area contributed by atoms with Crippen molar-refractivity contribution in [1.82, 2.24) is 20.0 Å². The van der Waals surface area contributed by atoms with E-state index in [0.29, 0.717) is 16.8 Å². The zero-order valence-corrected chi connectivity index (χ0v) is 11.6. The lowest BCUT2D eigenvalue weighted by Gasteiger charge is -2.03. The van der Waals surface area contributed by atoms with Gasteiger partial charge in [-0.2, -0.15) is 9.94 Å². The fraction of sp³-hybridized carbons (Fsp3) is 0. The number of pyridine rings is 1. The minimum Gasteiger partial charge on any atom is -0.244 e. The van der Waals surface area contributed by atoms with Crippen molar-refractivity contribution in [3.05, 3.63) is 59.0 Å². The fourth-order valence-electron chi connectivity index (χ4n) is 1.91. The summed E-state index contributed by atoms with van der Waals surface area (Å²) < 4.78 is 27.8. The molecule has 22 heavy (non-hydrogen) atoms. The molecular weight excluding hydrogens is 312 g/mol. The zero-order chi connectivity index (χ0) is 15.7. The third kappa shape index (κ3) is 2.40. The van der Waals surface area contributed by atoms with Gasteiger partial charge in [-0.1, -0.05) is 16.8 Å². The maximum Gasteiger partial charge on any atom is 0.172 e. The lowest BCUT2D eigenvalue weighted by molar-refractivity contribution is 0.571. The summed E-state index contributed by atoms with van der Waals surface area (Å²) in [5, 5.41) is 17.2. The van der Waals surface area contributed by atoms with Crippen molar-refractivity contribution in [3.63, 3.8) is 0 Å². The predicted molar refractivity (Wildman–Crippen MR) is 74.2 cm³/mol. The Labute approximate surface area is 128 Å². The molecule has 108 valence electrons. The van der Waals surface area contributed by atoms with Gasteiger partial charge in [-0.25, -0.2) is 13.8 Å². The van der Waals surface area contributed by atoms with Crippen molar-refractivity contribution >= 4 is 11.6 Å². The van der Waals surface area contributed by atoms with Gasteiger partial charge < -0.3 is 0 Å². The van der Waals surface area contributed by atoms with E-state index in [1.54, 1.807) is 6.07 Å². The average molecular weight is 318 g/mol. The Balaban J connectivity index is 2.16. The number of nitriles is 1. The van der Waals surface area contributed by atoms with Gasteiger partial charge in [-0.3, -0.25) is 0 Å². The third-order valence-electron chi connectivity index (χ3n) is 2.91. The van der Waals surface area contributed by atoms with Gasteiger partial charge in [0.05, 0.1) is 0 Å². The molecule has 2 heterocycles. The maximum atomic E-state index is 13.8. The molecule has 8 heteroatoms. The lowest BCUT2D eigenvalue weighted by Crippen LogP contribution is -2.03. The first kappa shape index (κ1) is 14.1. The Morgan fingerprint density at radius 1 is 1.18 bits per heavy atom. The monoisotopic (exact) mass is 317 g/mol. The summed E-state index contributed by atoms with van der Waals surface area (Å²) in [5.41, 5.74) is 0.679. The molecule has 0 fully saturated rings. The summed E-state index contributed by atoms with van der Waals surface area (Å²) in [6.45, 7) is 0. The normalized spacial score (nSPS) is 10.5. The molecule has 3 aromatic rings. The second-order valence-electron chi connectivity index (χ2n) is 4.28. The number of hydrogen-bond donors (Lipinski definition) is 0. The standard InChI is InChI=1S/C14H6ClF2N5/c15-13-4-1-8(7-19-13)14-12(6-18)22(21-20-14)11-3-2-9(16)5-10(11)17/h1-5,7H. The molecule has 0 aliphatic heterocycles. The number of benzene rings is 1. The lowest BCUT2D eigenvalue weighted by atomic mass is 10.2. The van der Waals surface area contributed by atoms with Crippen LogP contribution < -0.4 is 0 Å². The van der Waals surface area contributed by atoms with Gasteiger partial charge >= 0.3 is 0 Å². The number of halogens is 3. The van der Waals surface area contributed by atoms with Gasteiger partial charge in [0, 0.05) is 17.8 Å². The van der Waals surface area contributed by atoms with E-state index in [2.05, 4.69) is 15.3 Å². The number of hydrogen-bond acceptors (Lipinski definition) is 4. The second-order valence-corrected chi connectivity index (χ2v) is 4.66. The second kappa shape index (κ2) is 5.50. The Morgan fingerprint density at radius 3 is 2.64 bits per heavy atom. The smallest absolute Gasteiger partial charge is 0.172 e. The van der Waals surface area contributed by atoms with Crippen LogP contribution in [0.2, 0.25) is 5.15 Å². The van der Waals surface area contributed by atoms with Crippen LogP contribution >= 0.6 is 11.6 Å². The number of nitrogens with zero attached hydrogens (tertiary/aromatic N) is 5. The molecule has 0 atom stereocenters. The maximum absolute atomic E-state index is 13.8. The van der Waals surface area contributed by atoms with Crippen LogP contribution in [0.1, 0.15) is 5.69 Å². The Bertz CT molecular complexity index is 883. The molecule has 0 amide bonds. The van der Waals surface area contributed by atoms with Crippen molar-refractivity contribution < 1.29 is 8.78 Å². The molecule has 0 N–H and O–H groups in total. The van der Waals surface area contributed by atoms with Gasteiger partial charge in [0.1, 0.15) is 28.4 Å². The summed E-state index contributed by atoms with van der Waals surface area (Å²) >= 11 is 5.71. The van der Waals surface area contributed by atoms with Crippen LogP contribution in [0.5, 0.6) is 0 Å². The molecule has 0 saturated heterocycles. The molecule has 0 aliphatic rings. The van der Waals surface area contributed by atoms with Crippen molar-refractivity contribution in [3.8, 4) is 23.0 Å². The molecule has 1 aromatic carbocycles. The van der Waals surface area contributed by atoms with Gasteiger partial charge in [-0.15, -0.1) is 5.10 Å². The summed E-state index contributed by atoms with van der Waals surface area (Å²) in [4.78, 5) is 3.90. The van der Waals surface area contributed by atoms with E-state index < -0.39 is 11.6 Å². The molecule has 2 aromatic heterocycles. The third-order valence-corrected chi connectivity index (χ3v) is 3.14. The highest BCUT2D eigenvalue weighted by Crippen LogP contribution is 2.24. The number of aromatic nitrogens is 4. The van der Waals surface area contributed by atoms with E-state index in [1.165, 1.54) is 18.3 Å². The average Bonchev–Trinajstić information content (AvgIpc) is 2.91. The van der Waals surface area contributed by atoms with Crippen LogP contribution in [0.3, 0.4) is 0 Å². The first-order chi connectivity index (χ1) is 10.6. The van der Waals surface area contributed by atoms with Crippen molar-refractivity contribution in [2.75, 3.05) is 0 Å². The van der Waals surface area contributed by atoms with E-state index in [9.17, 15) is 14.0 Å². The van der Waals surface area contributed by atoms with Gasteiger partial charge in [0.15, 0.2) is 11.5 Å². The summed E-state index contributed by atoms with van der Waals surface area (Å²) in [6.07, 6.45) is 1.43.